The van der Waals surface area contributed by atoms with Crippen molar-refractivity contribution in [3.05, 3.63) is 22.2 Å². The molecule has 4 heteroatoms. The molecule has 17 heavy (non-hydrogen) atoms. The van der Waals surface area contributed by atoms with E-state index < -0.39 is 0 Å². The highest BCUT2D eigenvalue weighted by Gasteiger charge is 2.16. The van der Waals surface area contributed by atoms with E-state index in [2.05, 4.69) is 15.9 Å². The van der Waals surface area contributed by atoms with E-state index in [4.69, 9.17) is 15.2 Å². The summed E-state index contributed by atoms with van der Waals surface area (Å²) in [4.78, 5) is 0. The molecule has 0 aromatic heterocycles. The minimum atomic E-state index is 0.730. The van der Waals surface area contributed by atoms with Gasteiger partial charge in [0, 0.05) is 16.5 Å². The molecule has 0 unspecified atom stereocenters. The van der Waals surface area contributed by atoms with Crippen LogP contribution in [0, 0.1) is 0 Å². The van der Waals surface area contributed by atoms with Crippen LogP contribution < -0.4 is 15.2 Å². The number of halogens is 1. The lowest BCUT2D eigenvalue weighted by Gasteiger charge is -2.14. The predicted molar refractivity (Wildman–Crippen MR) is 71.7 cm³/mol. The standard InChI is InChI=1S/C13H18BrNO2/c14-11-5-6-12-13(17-9-3-8-16-12)10(11)4-1-2-7-15/h5-6H,1-4,7-9,15H2. The highest BCUT2D eigenvalue weighted by Crippen LogP contribution is 2.38. The van der Waals surface area contributed by atoms with E-state index in [1.807, 2.05) is 12.1 Å². The lowest BCUT2D eigenvalue weighted by molar-refractivity contribution is 0.296. The molecule has 1 heterocycles. The van der Waals surface area contributed by atoms with Crippen LogP contribution >= 0.6 is 15.9 Å². The van der Waals surface area contributed by atoms with E-state index >= 15 is 0 Å². The summed E-state index contributed by atoms with van der Waals surface area (Å²) < 4.78 is 12.6. The molecule has 0 amide bonds. The first-order valence-corrected chi connectivity index (χ1v) is 6.89. The van der Waals surface area contributed by atoms with Gasteiger partial charge in [0.1, 0.15) is 0 Å². The van der Waals surface area contributed by atoms with Crippen molar-refractivity contribution in [2.75, 3.05) is 19.8 Å². The Morgan fingerprint density at radius 1 is 1.18 bits per heavy atom. The summed E-state index contributed by atoms with van der Waals surface area (Å²) in [5.74, 6) is 1.78. The third-order valence-corrected chi connectivity index (χ3v) is 3.58. The molecule has 0 aliphatic carbocycles. The highest BCUT2D eigenvalue weighted by atomic mass is 79.9. The van der Waals surface area contributed by atoms with E-state index in [-0.39, 0.29) is 0 Å². The third-order valence-electron chi connectivity index (χ3n) is 2.84. The Balaban J connectivity index is 2.22. The predicted octanol–water partition coefficient (Wildman–Crippen LogP) is 2.89. The topological polar surface area (TPSA) is 44.5 Å². The molecule has 0 bridgehead atoms. The lowest BCUT2D eigenvalue weighted by Crippen LogP contribution is -2.02. The van der Waals surface area contributed by atoms with Gasteiger partial charge in [-0.15, -0.1) is 0 Å². The molecule has 0 saturated carbocycles. The van der Waals surface area contributed by atoms with Gasteiger partial charge in [0.2, 0.25) is 0 Å². The maximum absolute atomic E-state index is 5.80. The zero-order valence-corrected chi connectivity index (χ0v) is 11.5. The smallest absolute Gasteiger partial charge is 0.165 e. The van der Waals surface area contributed by atoms with Crippen molar-refractivity contribution >= 4 is 15.9 Å². The van der Waals surface area contributed by atoms with E-state index in [0.29, 0.717) is 0 Å². The number of nitrogens with two attached hydrogens (primary N) is 1. The van der Waals surface area contributed by atoms with Crippen LogP contribution in [0.2, 0.25) is 0 Å². The maximum atomic E-state index is 5.80. The first-order valence-electron chi connectivity index (χ1n) is 6.10. The van der Waals surface area contributed by atoms with Crippen LogP contribution in [-0.2, 0) is 6.42 Å². The summed E-state index contributed by atoms with van der Waals surface area (Å²) >= 11 is 3.59. The van der Waals surface area contributed by atoms with Gasteiger partial charge < -0.3 is 15.2 Å². The zero-order valence-electron chi connectivity index (χ0n) is 9.88. The first-order chi connectivity index (χ1) is 8.33. The number of hydrogen-bond donors (Lipinski definition) is 1. The average Bonchev–Trinajstić information content (AvgIpc) is 2.57. The second kappa shape index (κ2) is 6.26. The monoisotopic (exact) mass is 299 g/mol. The summed E-state index contributed by atoms with van der Waals surface area (Å²) in [6.07, 6.45) is 4.03. The van der Waals surface area contributed by atoms with Gasteiger partial charge in [-0.2, -0.15) is 0 Å². The van der Waals surface area contributed by atoms with Crippen LogP contribution in [-0.4, -0.2) is 19.8 Å². The molecule has 94 valence electrons. The summed E-state index contributed by atoms with van der Waals surface area (Å²) in [6.45, 7) is 2.20. The van der Waals surface area contributed by atoms with Crippen LogP contribution in [0.15, 0.2) is 16.6 Å². The van der Waals surface area contributed by atoms with Crippen LogP contribution in [0.1, 0.15) is 24.8 Å². The third kappa shape index (κ3) is 3.13. The molecule has 0 fully saturated rings. The van der Waals surface area contributed by atoms with Gasteiger partial charge in [0.15, 0.2) is 11.5 Å². The van der Waals surface area contributed by atoms with Crippen LogP contribution in [0.3, 0.4) is 0 Å². The van der Waals surface area contributed by atoms with Crippen molar-refractivity contribution in [2.45, 2.75) is 25.7 Å². The molecular formula is C13H18BrNO2. The number of hydrogen-bond acceptors (Lipinski definition) is 3. The van der Waals surface area contributed by atoms with Crippen molar-refractivity contribution in [1.82, 2.24) is 0 Å². The van der Waals surface area contributed by atoms with E-state index in [0.717, 1.165) is 61.4 Å². The van der Waals surface area contributed by atoms with Gasteiger partial charge in [-0.3, -0.25) is 0 Å². The van der Waals surface area contributed by atoms with Gasteiger partial charge in [-0.1, -0.05) is 15.9 Å². The SMILES string of the molecule is NCCCCc1c(Br)ccc2c1OCCCO2. The molecule has 0 atom stereocenters. The molecule has 0 saturated heterocycles. The molecule has 1 aliphatic rings. The van der Waals surface area contributed by atoms with Crippen molar-refractivity contribution in [1.29, 1.82) is 0 Å². The number of fused-ring (bicyclic) bond motifs is 1. The number of unbranched alkanes of at least 4 members (excludes halogenated alkanes) is 1. The highest BCUT2D eigenvalue weighted by molar-refractivity contribution is 9.10. The van der Waals surface area contributed by atoms with Gasteiger partial charge in [-0.25, -0.2) is 0 Å². The molecule has 2 rings (SSSR count). The number of benzene rings is 1. The number of rotatable bonds is 4. The minimum Gasteiger partial charge on any atom is -0.490 e. The van der Waals surface area contributed by atoms with Crippen molar-refractivity contribution in [3.63, 3.8) is 0 Å². The summed E-state index contributed by atoms with van der Waals surface area (Å²) in [5.41, 5.74) is 6.73. The summed E-state index contributed by atoms with van der Waals surface area (Å²) in [5, 5.41) is 0. The lowest BCUT2D eigenvalue weighted by atomic mass is 10.1. The molecule has 1 aliphatic heterocycles. The fourth-order valence-corrected chi connectivity index (χ4v) is 2.46. The van der Waals surface area contributed by atoms with E-state index in [1.54, 1.807) is 0 Å². The van der Waals surface area contributed by atoms with E-state index in [1.165, 1.54) is 5.56 Å². The Hall–Kier alpha value is -0.740. The Kier molecular flexibility index (Phi) is 4.68. The second-order valence-corrected chi connectivity index (χ2v) is 5.00. The van der Waals surface area contributed by atoms with Gasteiger partial charge in [0.05, 0.1) is 13.2 Å². The minimum absolute atomic E-state index is 0.730. The fraction of sp³-hybridized carbons (Fsp3) is 0.538. The van der Waals surface area contributed by atoms with Crippen LogP contribution in [0.4, 0.5) is 0 Å². The zero-order chi connectivity index (χ0) is 12.1. The van der Waals surface area contributed by atoms with Crippen molar-refractivity contribution in [3.8, 4) is 11.5 Å². The Morgan fingerprint density at radius 3 is 2.82 bits per heavy atom. The summed E-state index contributed by atoms with van der Waals surface area (Å²) in [6, 6.07) is 4.00. The largest absolute Gasteiger partial charge is 0.490 e. The quantitative estimate of drug-likeness (QED) is 0.870. The maximum Gasteiger partial charge on any atom is 0.165 e. The molecule has 0 spiro atoms. The molecule has 0 radical (unpaired) electrons. The second-order valence-electron chi connectivity index (χ2n) is 4.15. The number of ether oxygens (including phenoxy) is 2. The van der Waals surface area contributed by atoms with E-state index in [9.17, 15) is 0 Å². The molecule has 1 aromatic carbocycles. The summed E-state index contributed by atoms with van der Waals surface area (Å²) in [7, 11) is 0. The normalized spacial score (nSPS) is 14.5. The Labute approximate surface area is 110 Å². The average molecular weight is 300 g/mol. The first kappa shape index (κ1) is 12.7. The van der Waals surface area contributed by atoms with Crippen LogP contribution in [0.25, 0.3) is 0 Å². The molecule has 1 aromatic rings. The molecule has 2 N–H and O–H groups in total. The Morgan fingerprint density at radius 2 is 2.00 bits per heavy atom. The van der Waals surface area contributed by atoms with Gasteiger partial charge >= 0.3 is 0 Å². The fourth-order valence-electron chi connectivity index (χ4n) is 1.95. The van der Waals surface area contributed by atoms with Crippen molar-refractivity contribution in [2.24, 2.45) is 5.73 Å². The van der Waals surface area contributed by atoms with Gasteiger partial charge in [-0.05, 0) is 37.9 Å². The van der Waals surface area contributed by atoms with Crippen LogP contribution in [0.5, 0.6) is 11.5 Å². The Bertz CT molecular complexity index is 382. The van der Waals surface area contributed by atoms with Gasteiger partial charge in [0.25, 0.3) is 0 Å². The van der Waals surface area contributed by atoms with Crippen molar-refractivity contribution < 1.29 is 9.47 Å². The molecule has 3 nitrogen and oxygen atoms in total. The molecular weight excluding hydrogens is 282 g/mol.